The molecule has 0 heterocycles. The van der Waals surface area contributed by atoms with Gasteiger partial charge in [-0.3, -0.25) is 9.69 Å². The van der Waals surface area contributed by atoms with Crippen molar-refractivity contribution in [1.82, 2.24) is 4.90 Å². The van der Waals surface area contributed by atoms with Crippen LogP contribution in [0.25, 0.3) is 0 Å². The standard InChI is InChI=1S/C23H23ClFNO5.C4H4O4/c1-12(2)26(11-27)19-9-17(23(29)30)22(28)16-8-14(20(31-3)10-15(16)19)7-13-5-4-6-18(24)21(13)25;5-3(6)1-2-4(7)8/h4-6,8-10,12,19,27H,7,11H2,1-3H3,(H,29,30);1-2H,(H,5,6)(H,7,8)/b;2-1-. The lowest BCUT2D eigenvalue weighted by Gasteiger charge is -2.35. The lowest BCUT2D eigenvalue weighted by molar-refractivity contribution is -0.134. The zero-order valence-corrected chi connectivity index (χ0v) is 22.0. The summed E-state index contributed by atoms with van der Waals surface area (Å²) in [6.45, 7) is 3.37. The maximum absolute atomic E-state index is 14.4. The number of carboxylic acid groups (broad SMARTS) is 3. The summed E-state index contributed by atoms with van der Waals surface area (Å²) >= 11 is 5.88. The molecule has 1 aliphatic carbocycles. The average molecular weight is 564 g/mol. The second kappa shape index (κ2) is 13.7. The zero-order chi connectivity index (χ0) is 29.4. The first-order valence-electron chi connectivity index (χ1n) is 11.5. The molecule has 0 bridgehead atoms. The van der Waals surface area contributed by atoms with E-state index in [1.807, 2.05) is 13.8 Å². The minimum atomic E-state index is -1.35. The molecular formula is C27H27ClFNO9. The van der Waals surface area contributed by atoms with Gasteiger partial charge < -0.3 is 25.2 Å². The number of benzene rings is 2. The Bertz CT molecular complexity index is 1320. The summed E-state index contributed by atoms with van der Waals surface area (Å²) in [7, 11) is 1.46. The van der Waals surface area contributed by atoms with Crippen LogP contribution in [0.2, 0.25) is 5.02 Å². The predicted molar refractivity (Wildman–Crippen MR) is 138 cm³/mol. The van der Waals surface area contributed by atoms with E-state index in [2.05, 4.69) is 0 Å². The predicted octanol–water partition coefficient (Wildman–Crippen LogP) is 3.70. The number of hydrogen-bond acceptors (Lipinski definition) is 7. The van der Waals surface area contributed by atoms with Crippen molar-refractivity contribution in [3.8, 4) is 5.75 Å². The Morgan fingerprint density at radius 3 is 2.21 bits per heavy atom. The molecule has 0 spiro atoms. The number of Topliss-reactive ketones (excluding diaryl/α,β-unsaturated/α-hetero) is 1. The Labute approximate surface area is 228 Å². The maximum atomic E-state index is 14.4. The molecule has 4 N–H and O–H groups in total. The molecule has 39 heavy (non-hydrogen) atoms. The molecule has 1 atom stereocenters. The molecule has 1 unspecified atom stereocenters. The highest BCUT2D eigenvalue weighted by atomic mass is 35.5. The summed E-state index contributed by atoms with van der Waals surface area (Å²) in [5, 5.41) is 35.0. The summed E-state index contributed by atoms with van der Waals surface area (Å²) in [4.78, 5) is 45.4. The topological polar surface area (TPSA) is 162 Å². The highest BCUT2D eigenvalue weighted by Crippen LogP contribution is 2.38. The summed E-state index contributed by atoms with van der Waals surface area (Å²) in [6, 6.07) is 7.06. The number of aliphatic hydroxyl groups is 1. The van der Waals surface area contributed by atoms with Gasteiger partial charge in [-0.15, -0.1) is 0 Å². The van der Waals surface area contributed by atoms with Crippen molar-refractivity contribution in [3.63, 3.8) is 0 Å². The van der Waals surface area contributed by atoms with Crippen molar-refractivity contribution in [2.24, 2.45) is 0 Å². The van der Waals surface area contributed by atoms with E-state index in [0.717, 1.165) is 0 Å². The van der Waals surface area contributed by atoms with Gasteiger partial charge in [0.15, 0.2) is 5.78 Å². The number of aliphatic hydroxyl groups excluding tert-OH is 1. The Kier molecular flexibility index (Phi) is 10.9. The van der Waals surface area contributed by atoms with Gasteiger partial charge in [0.25, 0.3) is 0 Å². The van der Waals surface area contributed by atoms with Crippen molar-refractivity contribution in [3.05, 3.63) is 87.2 Å². The maximum Gasteiger partial charge on any atom is 0.339 e. The van der Waals surface area contributed by atoms with E-state index in [0.29, 0.717) is 34.6 Å². The van der Waals surface area contributed by atoms with Crippen LogP contribution < -0.4 is 4.74 Å². The van der Waals surface area contributed by atoms with Gasteiger partial charge in [-0.2, -0.15) is 0 Å². The summed E-state index contributed by atoms with van der Waals surface area (Å²) in [5.74, 6) is -4.65. The molecule has 0 aromatic heterocycles. The first-order chi connectivity index (χ1) is 18.3. The lowest BCUT2D eigenvalue weighted by Crippen LogP contribution is -2.38. The van der Waals surface area contributed by atoms with Crippen molar-refractivity contribution < 1.29 is 48.7 Å². The molecular weight excluding hydrogens is 537 g/mol. The first-order valence-corrected chi connectivity index (χ1v) is 11.8. The number of hydrogen-bond donors (Lipinski definition) is 4. The summed E-state index contributed by atoms with van der Waals surface area (Å²) < 4.78 is 19.9. The second-order valence-electron chi connectivity index (χ2n) is 8.56. The minimum Gasteiger partial charge on any atom is -0.496 e. The average Bonchev–Trinajstić information content (AvgIpc) is 2.87. The number of aliphatic carboxylic acids is 3. The minimum absolute atomic E-state index is 0.0165. The van der Waals surface area contributed by atoms with Gasteiger partial charge in [0.05, 0.1) is 24.9 Å². The third-order valence-corrected chi connectivity index (χ3v) is 6.07. The van der Waals surface area contributed by atoms with Crippen LogP contribution in [0.5, 0.6) is 5.75 Å². The number of carbonyl (C=O) groups is 4. The number of fused-ring (bicyclic) bond motifs is 1. The molecule has 2 aromatic carbocycles. The molecule has 0 amide bonds. The molecule has 0 aliphatic heterocycles. The van der Waals surface area contributed by atoms with E-state index in [-0.39, 0.29) is 35.4 Å². The number of carboxylic acids is 3. The van der Waals surface area contributed by atoms with Crippen LogP contribution in [-0.2, 0) is 20.8 Å². The third-order valence-electron chi connectivity index (χ3n) is 5.78. The molecule has 208 valence electrons. The van der Waals surface area contributed by atoms with Gasteiger partial charge in [0, 0.05) is 30.2 Å². The normalized spacial score (nSPS) is 14.5. The molecule has 0 radical (unpaired) electrons. The van der Waals surface area contributed by atoms with E-state index >= 15 is 0 Å². The van der Waals surface area contributed by atoms with Crippen LogP contribution in [-0.4, -0.2) is 68.9 Å². The van der Waals surface area contributed by atoms with Crippen LogP contribution in [0.4, 0.5) is 4.39 Å². The van der Waals surface area contributed by atoms with E-state index in [1.54, 1.807) is 23.1 Å². The summed E-state index contributed by atoms with van der Waals surface area (Å²) in [5.41, 5.74) is 1.16. The molecule has 2 aromatic rings. The zero-order valence-electron chi connectivity index (χ0n) is 21.2. The fraction of sp³-hybridized carbons (Fsp3) is 0.259. The van der Waals surface area contributed by atoms with Crippen molar-refractivity contribution in [2.45, 2.75) is 32.4 Å². The molecule has 0 fully saturated rings. The number of ether oxygens (including phenoxy) is 1. The number of carbonyl (C=O) groups excluding carboxylic acids is 1. The Morgan fingerprint density at radius 2 is 1.72 bits per heavy atom. The van der Waals surface area contributed by atoms with E-state index < -0.39 is 35.6 Å². The number of rotatable bonds is 9. The van der Waals surface area contributed by atoms with Crippen LogP contribution in [0, 0.1) is 5.82 Å². The van der Waals surface area contributed by atoms with Crippen LogP contribution >= 0.6 is 11.6 Å². The van der Waals surface area contributed by atoms with Gasteiger partial charge >= 0.3 is 17.9 Å². The molecule has 3 rings (SSSR count). The van der Waals surface area contributed by atoms with Crippen molar-refractivity contribution >= 4 is 35.3 Å². The second-order valence-corrected chi connectivity index (χ2v) is 8.97. The third kappa shape index (κ3) is 7.73. The van der Waals surface area contributed by atoms with Crippen molar-refractivity contribution in [2.75, 3.05) is 13.8 Å². The Hall–Kier alpha value is -4.06. The largest absolute Gasteiger partial charge is 0.496 e. The van der Waals surface area contributed by atoms with Crippen LogP contribution in [0.3, 0.4) is 0 Å². The lowest BCUT2D eigenvalue weighted by atomic mass is 9.84. The van der Waals surface area contributed by atoms with Gasteiger partial charge in [-0.1, -0.05) is 23.7 Å². The number of nitrogens with zero attached hydrogens (tertiary/aromatic N) is 1. The fourth-order valence-electron chi connectivity index (χ4n) is 3.93. The Balaban J connectivity index is 0.000000580. The van der Waals surface area contributed by atoms with Crippen LogP contribution in [0.1, 0.15) is 46.9 Å². The number of methoxy groups -OCH3 is 1. The SMILES string of the molecule is COc1cc2c(cc1Cc1cccc(Cl)c1F)C(=O)C(C(=O)O)=CC2N(CO)C(C)C.O=C(O)/C=C\C(=O)O. The molecule has 1 aliphatic rings. The van der Waals surface area contributed by atoms with E-state index in [1.165, 1.54) is 25.3 Å². The van der Waals surface area contributed by atoms with Crippen molar-refractivity contribution in [1.29, 1.82) is 0 Å². The fourth-order valence-corrected chi connectivity index (χ4v) is 4.12. The molecule has 12 heteroatoms. The Morgan fingerprint density at radius 1 is 1.10 bits per heavy atom. The quantitative estimate of drug-likeness (QED) is 0.201. The van der Waals surface area contributed by atoms with Gasteiger partial charge in [-0.05, 0) is 54.8 Å². The smallest absolute Gasteiger partial charge is 0.339 e. The summed E-state index contributed by atoms with van der Waals surface area (Å²) in [6.07, 6.45) is 2.56. The first kappa shape index (κ1) is 31.2. The van der Waals surface area contributed by atoms with Gasteiger partial charge in [0.2, 0.25) is 0 Å². The highest BCUT2D eigenvalue weighted by Gasteiger charge is 2.35. The molecule has 10 nitrogen and oxygen atoms in total. The van der Waals surface area contributed by atoms with Gasteiger partial charge in [-0.25, -0.2) is 18.8 Å². The monoisotopic (exact) mass is 563 g/mol. The van der Waals surface area contributed by atoms with Crippen LogP contribution in [0.15, 0.2) is 54.1 Å². The number of halogens is 2. The number of ketones is 1. The molecule has 0 saturated carbocycles. The van der Waals surface area contributed by atoms with E-state index in [9.17, 15) is 33.8 Å². The van der Waals surface area contributed by atoms with Gasteiger partial charge in [0.1, 0.15) is 17.1 Å². The van der Waals surface area contributed by atoms with E-state index in [4.69, 9.17) is 26.6 Å². The highest BCUT2D eigenvalue weighted by molar-refractivity contribution is 6.30. The molecule has 0 saturated heterocycles.